The molecule has 2 rings (SSSR count). The van der Waals surface area contributed by atoms with E-state index >= 15 is 0 Å². The Morgan fingerprint density at radius 1 is 1.50 bits per heavy atom. The van der Waals surface area contributed by atoms with Crippen molar-refractivity contribution in [3.05, 3.63) is 28.3 Å². The van der Waals surface area contributed by atoms with E-state index in [2.05, 4.69) is 5.32 Å². The molecule has 1 heterocycles. The smallest absolute Gasteiger partial charge is 0.170 e. The molecule has 0 aromatic heterocycles. The summed E-state index contributed by atoms with van der Waals surface area (Å²) in [7, 11) is 1.57. The summed E-state index contributed by atoms with van der Waals surface area (Å²) in [5.41, 5.74) is 1.55. The zero-order valence-corrected chi connectivity index (χ0v) is 11.5. The van der Waals surface area contributed by atoms with Crippen molar-refractivity contribution < 1.29 is 9.53 Å². The minimum Gasteiger partial charge on any atom is -0.496 e. The highest BCUT2D eigenvalue weighted by Crippen LogP contribution is 2.29. The van der Waals surface area contributed by atoms with Gasteiger partial charge in [0.2, 0.25) is 0 Å². The van der Waals surface area contributed by atoms with Gasteiger partial charge in [0.1, 0.15) is 5.75 Å². The summed E-state index contributed by atoms with van der Waals surface area (Å²) in [5, 5.41) is 3.89. The lowest BCUT2D eigenvalue weighted by Gasteiger charge is -2.22. The second-order valence-electron chi connectivity index (χ2n) is 4.71. The van der Waals surface area contributed by atoms with Gasteiger partial charge in [-0.25, -0.2) is 0 Å². The Morgan fingerprint density at radius 3 is 2.89 bits per heavy atom. The largest absolute Gasteiger partial charge is 0.496 e. The third kappa shape index (κ3) is 2.68. The summed E-state index contributed by atoms with van der Waals surface area (Å²) in [5.74, 6) is 0.771. The molecule has 1 unspecified atom stereocenters. The van der Waals surface area contributed by atoms with E-state index in [9.17, 15) is 4.79 Å². The molecule has 3 nitrogen and oxygen atoms in total. The van der Waals surface area contributed by atoms with Crippen LogP contribution in [-0.2, 0) is 0 Å². The zero-order valence-electron chi connectivity index (χ0n) is 10.8. The van der Waals surface area contributed by atoms with Crippen LogP contribution >= 0.6 is 11.6 Å². The number of rotatable bonds is 3. The maximum atomic E-state index is 12.5. The summed E-state index contributed by atoms with van der Waals surface area (Å²) >= 11 is 6.05. The molecule has 1 aromatic carbocycles. The molecule has 1 aliphatic heterocycles. The number of halogens is 1. The number of nitrogens with one attached hydrogen (secondary N) is 1. The number of aryl methyl sites for hydroxylation is 1. The normalized spacial score (nSPS) is 19.6. The first-order chi connectivity index (χ1) is 8.63. The van der Waals surface area contributed by atoms with E-state index < -0.39 is 0 Å². The molecule has 1 atom stereocenters. The molecule has 1 N–H and O–H groups in total. The van der Waals surface area contributed by atoms with Gasteiger partial charge in [0.05, 0.1) is 12.7 Å². The molecule has 1 saturated heterocycles. The first-order valence-electron chi connectivity index (χ1n) is 6.22. The Balaban J connectivity index is 2.31. The molecule has 0 saturated carbocycles. The van der Waals surface area contributed by atoms with Crippen LogP contribution in [0.15, 0.2) is 12.1 Å². The lowest BCUT2D eigenvalue weighted by Crippen LogP contribution is -2.34. The number of carbonyl (C=O) groups is 1. The van der Waals surface area contributed by atoms with Crippen molar-refractivity contribution in [1.29, 1.82) is 0 Å². The summed E-state index contributed by atoms with van der Waals surface area (Å²) in [6.45, 7) is 3.65. The standard InChI is InChI=1S/C14H18ClNO2/c1-9-6-11(13(18-2)7-12(9)15)14(17)10-4-3-5-16-8-10/h6-7,10,16H,3-5,8H2,1-2H3. The van der Waals surface area contributed by atoms with Gasteiger partial charge < -0.3 is 10.1 Å². The SMILES string of the molecule is COc1cc(Cl)c(C)cc1C(=O)C1CCCNC1. The minimum atomic E-state index is 0.0493. The molecule has 0 bridgehead atoms. The van der Waals surface area contributed by atoms with Crippen LogP contribution in [-0.4, -0.2) is 26.0 Å². The fourth-order valence-electron chi connectivity index (χ4n) is 2.32. The molecule has 0 spiro atoms. The van der Waals surface area contributed by atoms with Crippen molar-refractivity contribution in [2.45, 2.75) is 19.8 Å². The maximum Gasteiger partial charge on any atom is 0.170 e. The highest BCUT2D eigenvalue weighted by molar-refractivity contribution is 6.31. The Morgan fingerprint density at radius 2 is 2.28 bits per heavy atom. The predicted octanol–water partition coefficient (Wildman–Crippen LogP) is 2.84. The van der Waals surface area contributed by atoms with E-state index in [1.165, 1.54) is 0 Å². The quantitative estimate of drug-likeness (QED) is 0.856. The lowest BCUT2D eigenvalue weighted by molar-refractivity contribution is 0.0896. The number of hydrogen-bond donors (Lipinski definition) is 1. The average Bonchev–Trinajstić information content (AvgIpc) is 2.41. The minimum absolute atomic E-state index is 0.0493. The highest BCUT2D eigenvalue weighted by Gasteiger charge is 2.25. The number of Topliss-reactive ketones (excluding diaryl/α,β-unsaturated/α-hetero) is 1. The van der Waals surface area contributed by atoms with Crippen molar-refractivity contribution in [3.8, 4) is 5.75 Å². The van der Waals surface area contributed by atoms with Crippen LogP contribution < -0.4 is 10.1 Å². The molecular formula is C14H18ClNO2. The van der Waals surface area contributed by atoms with E-state index in [4.69, 9.17) is 16.3 Å². The second kappa shape index (κ2) is 5.72. The Kier molecular flexibility index (Phi) is 4.25. The molecule has 0 amide bonds. The van der Waals surface area contributed by atoms with Crippen LogP contribution in [0, 0.1) is 12.8 Å². The fraction of sp³-hybridized carbons (Fsp3) is 0.500. The van der Waals surface area contributed by atoms with Crippen molar-refractivity contribution in [3.63, 3.8) is 0 Å². The topological polar surface area (TPSA) is 38.3 Å². The van der Waals surface area contributed by atoms with E-state index in [-0.39, 0.29) is 11.7 Å². The van der Waals surface area contributed by atoms with Crippen LogP contribution in [0.5, 0.6) is 5.75 Å². The summed E-state index contributed by atoms with van der Waals surface area (Å²) in [6, 6.07) is 3.55. The lowest BCUT2D eigenvalue weighted by atomic mass is 9.90. The van der Waals surface area contributed by atoms with Crippen LogP contribution in [0.4, 0.5) is 0 Å². The van der Waals surface area contributed by atoms with E-state index in [0.29, 0.717) is 16.3 Å². The molecule has 1 aromatic rings. The Hall–Kier alpha value is -1.06. The number of methoxy groups -OCH3 is 1. The van der Waals surface area contributed by atoms with E-state index in [0.717, 1.165) is 31.5 Å². The second-order valence-corrected chi connectivity index (χ2v) is 5.12. The van der Waals surface area contributed by atoms with Gasteiger partial charge in [0.15, 0.2) is 5.78 Å². The Labute approximate surface area is 112 Å². The number of carbonyl (C=O) groups excluding carboxylic acids is 1. The first-order valence-corrected chi connectivity index (χ1v) is 6.60. The van der Waals surface area contributed by atoms with Crippen LogP contribution in [0.1, 0.15) is 28.8 Å². The maximum absolute atomic E-state index is 12.5. The highest BCUT2D eigenvalue weighted by atomic mass is 35.5. The van der Waals surface area contributed by atoms with Crippen molar-refractivity contribution >= 4 is 17.4 Å². The Bertz CT molecular complexity index is 453. The molecule has 18 heavy (non-hydrogen) atoms. The molecule has 4 heteroatoms. The van der Waals surface area contributed by atoms with Crippen LogP contribution in [0.2, 0.25) is 5.02 Å². The molecule has 0 aliphatic carbocycles. The molecule has 98 valence electrons. The number of ether oxygens (including phenoxy) is 1. The van der Waals surface area contributed by atoms with Gasteiger partial charge in [-0.05, 0) is 44.0 Å². The third-order valence-corrected chi connectivity index (χ3v) is 3.82. The molecule has 1 fully saturated rings. The van der Waals surface area contributed by atoms with Gasteiger partial charge >= 0.3 is 0 Å². The van der Waals surface area contributed by atoms with Gasteiger partial charge in [-0.2, -0.15) is 0 Å². The van der Waals surface area contributed by atoms with Crippen molar-refractivity contribution in [2.75, 3.05) is 20.2 Å². The third-order valence-electron chi connectivity index (χ3n) is 3.41. The van der Waals surface area contributed by atoms with E-state index in [1.807, 2.05) is 13.0 Å². The zero-order chi connectivity index (χ0) is 13.1. The molecule has 0 radical (unpaired) electrons. The van der Waals surface area contributed by atoms with Gasteiger partial charge in [-0.15, -0.1) is 0 Å². The van der Waals surface area contributed by atoms with Crippen molar-refractivity contribution in [2.24, 2.45) is 5.92 Å². The predicted molar refractivity (Wildman–Crippen MR) is 72.7 cm³/mol. The van der Waals surface area contributed by atoms with Crippen molar-refractivity contribution in [1.82, 2.24) is 5.32 Å². The van der Waals surface area contributed by atoms with Crippen LogP contribution in [0.25, 0.3) is 0 Å². The molecule has 1 aliphatic rings. The number of benzene rings is 1. The van der Waals surface area contributed by atoms with Gasteiger partial charge in [-0.3, -0.25) is 4.79 Å². The molecular weight excluding hydrogens is 250 g/mol. The number of piperidine rings is 1. The van der Waals surface area contributed by atoms with Gasteiger partial charge in [0, 0.05) is 17.5 Å². The average molecular weight is 268 g/mol. The first kappa shape index (κ1) is 13.4. The van der Waals surface area contributed by atoms with Crippen LogP contribution in [0.3, 0.4) is 0 Å². The summed E-state index contributed by atoms with van der Waals surface area (Å²) < 4.78 is 5.27. The van der Waals surface area contributed by atoms with Gasteiger partial charge in [0.25, 0.3) is 0 Å². The summed E-state index contributed by atoms with van der Waals surface area (Å²) in [4.78, 5) is 12.5. The number of hydrogen-bond acceptors (Lipinski definition) is 3. The van der Waals surface area contributed by atoms with E-state index in [1.54, 1.807) is 13.2 Å². The number of ketones is 1. The monoisotopic (exact) mass is 267 g/mol. The summed E-state index contributed by atoms with van der Waals surface area (Å²) in [6.07, 6.45) is 1.99. The van der Waals surface area contributed by atoms with Gasteiger partial charge in [-0.1, -0.05) is 11.6 Å². The fourth-order valence-corrected chi connectivity index (χ4v) is 2.47.